The summed E-state index contributed by atoms with van der Waals surface area (Å²) in [6.45, 7) is 0.346. The molecule has 0 saturated carbocycles. The number of rotatable bonds is 8. The fraction of sp³-hybridized carbons (Fsp3) is 0.192. The number of ether oxygens (including phenoxy) is 3. The Bertz CT molecular complexity index is 1180. The van der Waals surface area contributed by atoms with Crippen LogP contribution >= 0.6 is 0 Å². The normalized spacial score (nSPS) is 13.9. The van der Waals surface area contributed by atoms with Crippen LogP contribution in [0.5, 0.6) is 17.2 Å². The summed E-state index contributed by atoms with van der Waals surface area (Å²) < 4.78 is 16.9. The lowest BCUT2D eigenvalue weighted by molar-refractivity contribution is -0.122. The van der Waals surface area contributed by atoms with Crippen molar-refractivity contribution in [3.63, 3.8) is 0 Å². The smallest absolute Gasteiger partial charge is 0.321 e. The average Bonchev–Trinajstić information content (AvgIpc) is 2.90. The maximum absolute atomic E-state index is 12.6. The van der Waals surface area contributed by atoms with Crippen molar-refractivity contribution in [2.45, 2.75) is 12.6 Å². The van der Waals surface area contributed by atoms with Crippen LogP contribution in [0.4, 0.5) is 4.79 Å². The van der Waals surface area contributed by atoms with Gasteiger partial charge in [0.1, 0.15) is 12.4 Å². The number of amides is 4. The van der Waals surface area contributed by atoms with E-state index in [2.05, 4.69) is 16.0 Å². The second-order valence-corrected chi connectivity index (χ2v) is 7.71. The fourth-order valence-electron chi connectivity index (χ4n) is 3.37. The number of para-hydroxylation sites is 3. The number of urea groups is 1. The van der Waals surface area contributed by atoms with Gasteiger partial charge in [0.15, 0.2) is 24.2 Å². The van der Waals surface area contributed by atoms with E-state index in [0.29, 0.717) is 18.0 Å². The van der Waals surface area contributed by atoms with Crippen LogP contribution in [-0.2, 0) is 11.3 Å². The van der Waals surface area contributed by atoms with Crippen molar-refractivity contribution in [1.82, 2.24) is 16.0 Å². The number of hydrogen-bond donors (Lipinski definition) is 3. The van der Waals surface area contributed by atoms with Gasteiger partial charge < -0.3 is 24.8 Å². The number of hydrogen-bond acceptors (Lipinski definition) is 6. The third kappa shape index (κ3) is 6.73. The zero-order valence-corrected chi connectivity index (χ0v) is 18.9. The Kier molecular flexibility index (Phi) is 7.80. The average molecular weight is 476 g/mol. The summed E-state index contributed by atoms with van der Waals surface area (Å²) in [4.78, 5) is 36.9. The number of carbonyl (C=O) groups excluding carboxylic acids is 3. The monoisotopic (exact) mass is 475 g/mol. The topological polar surface area (TPSA) is 115 Å². The predicted molar refractivity (Wildman–Crippen MR) is 127 cm³/mol. The van der Waals surface area contributed by atoms with E-state index in [9.17, 15) is 14.4 Å². The van der Waals surface area contributed by atoms with Crippen LogP contribution in [0.25, 0.3) is 0 Å². The molecule has 1 aliphatic rings. The summed E-state index contributed by atoms with van der Waals surface area (Å²) in [5.41, 5.74) is 1.24. The Morgan fingerprint density at radius 1 is 0.857 bits per heavy atom. The molecule has 4 rings (SSSR count). The molecule has 0 unspecified atom stereocenters. The third-order valence-electron chi connectivity index (χ3n) is 5.10. The van der Waals surface area contributed by atoms with Crippen LogP contribution in [0.15, 0.2) is 78.9 Å². The number of nitrogens with one attached hydrogen (secondary N) is 3. The molecule has 180 valence electrons. The van der Waals surface area contributed by atoms with Gasteiger partial charge in [-0.2, -0.15) is 0 Å². The first kappa shape index (κ1) is 23.6. The highest BCUT2D eigenvalue weighted by atomic mass is 16.6. The molecule has 3 aromatic rings. The van der Waals surface area contributed by atoms with E-state index in [1.807, 2.05) is 42.5 Å². The molecule has 9 nitrogen and oxygen atoms in total. The largest absolute Gasteiger partial charge is 0.486 e. The molecule has 3 aromatic carbocycles. The standard InChI is InChI=1S/C26H25N3O6/c30-24(29-26(32)28-15-19-16-33-22-12-6-7-13-23(22)35-19)17-34-21-11-5-4-10-20(21)25(31)27-14-18-8-2-1-3-9-18/h1-13,19H,14-17H2,(H,27,31)(H2,28,29,30,32)/t19-/m0/s1. The summed E-state index contributed by atoms with van der Waals surface area (Å²) in [6.07, 6.45) is -0.386. The van der Waals surface area contributed by atoms with E-state index in [-0.39, 0.29) is 36.5 Å². The van der Waals surface area contributed by atoms with Crippen molar-refractivity contribution in [3.8, 4) is 17.2 Å². The van der Waals surface area contributed by atoms with Gasteiger partial charge in [-0.1, -0.05) is 54.6 Å². The SMILES string of the molecule is O=C(COc1ccccc1C(=O)NCc1ccccc1)NC(=O)NC[C@H]1COc2ccccc2O1. The molecular formula is C26H25N3O6. The molecule has 0 bridgehead atoms. The van der Waals surface area contributed by atoms with Crippen molar-refractivity contribution in [2.24, 2.45) is 0 Å². The summed E-state index contributed by atoms with van der Waals surface area (Å²) in [5.74, 6) is 0.489. The van der Waals surface area contributed by atoms with Crippen LogP contribution < -0.4 is 30.2 Å². The van der Waals surface area contributed by atoms with Crippen molar-refractivity contribution < 1.29 is 28.6 Å². The number of carbonyl (C=O) groups is 3. The van der Waals surface area contributed by atoms with Gasteiger partial charge in [-0.05, 0) is 29.8 Å². The van der Waals surface area contributed by atoms with Crippen molar-refractivity contribution in [1.29, 1.82) is 0 Å². The lowest BCUT2D eigenvalue weighted by Gasteiger charge is -2.26. The highest BCUT2D eigenvalue weighted by molar-refractivity contribution is 5.97. The molecule has 1 atom stereocenters. The van der Waals surface area contributed by atoms with E-state index < -0.39 is 18.5 Å². The van der Waals surface area contributed by atoms with Crippen LogP contribution in [0.3, 0.4) is 0 Å². The molecule has 3 N–H and O–H groups in total. The summed E-state index contributed by atoms with van der Waals surface area (Å²) in [6, 6.07) is 22.6. The minimum Gasteiger partial charge on any atom is -0.486 e. The minimum absolute atomic E-state index is 0.152. The first-order chi connectivity index (χ1) is 17.1. The van der Waals surface area contributed by atoms with Crippen LogP contribution in [-0.4, -0.2) is 43.7 Å². The second kappa shape index (κ2) is 11.6. The Balaban J connectivity index is 1.21. The molecule has 1 aliphatic heterocycles. The van der Waals surface area contributed by atoms with Crippen LogP contribution in [0.1, 0.15) is 15.9 Å². The number of imide groups is 1. The Morgan fingerprint density at radius 2 is 1.57 bits per heavy atom. The molecule has 9 heteroatoms. The van der Waals surface area contributed by atoms with E-state index in [1.165, 1.54) is 0 Å². The minimum atomic E-state index is -0.685. The van der Waals surface area contributed by atoms with Gasteiger partial charge in [-0.15, -0.1) is 0 Å². The lowest BCUT2D eigenvalue weighted by atomic mass is 10.1. The number of benzene rings is 3. The lowest BCUT2D eigenvalue weighted by Crippen LogP contribution is -2.47. The zero-order chi connectivity index (χ0) is 24.5. The first-order valence-electron chi connectivity index (χ1n) is 11.1. The molecule has 0 aromatic heterocycles. The Hall–Kier alpha value is -4.53. The van der Waals surface area contributed by atoms with E-state index >= 15 is 0 Å². The molecule has 0 saturated heterocycles. The number of fused-ring (bicyclic) bond motifs is 1. The molecule has 35 heavy (non-hydrogen) atoms. The van der Waals surface area contributed by atoms with Gasteiger partial charge in [-0.3, -0.25) is 14.9 Å². The summed E-state index contributed by atoms with van der Waals surface area (Å²) in [7, 11) is 0. The van der Waals surface area contributed by atoms with Crippen molar-refractivity contribution in [3.05, 3.63) is 90.0 Å². The molecule has 0 fully saturated rings. The maximum atomic E-state index is 12.6. The van der Waals surface area contributed by atoms with E-state index in [1.54, 1.807) is 36.4 Å². The van der Waals surface area contributed by atoms with Crippen molar-refractivity contribution >= 4 is 17.8 Å². The van der Waals surface area contributed by atoms with Gasteiger partial charge >= 0.3 is 6.03 Å². The van der Waals surface area contributed by atoms with Gasteiger partial charge in [0, 0.05) is 6.54 Å². The highest BCUT2D eigenvalue weighted by Crippen LogP contribution is 2.30. The molecule has 0 spiro atoms. The van der Waals surface area contributed by atoms with Gasteiger partial charge in [0.05, 0.1) is 12.1 Å². The van der Waals surface area contributed by atoms with Crippen molar-refractivity contribution in [2.75, 3.05) is 19.8 Å². The van der Waals surface area contributed by atoms with E-state index in [0.717, 1.165) is 5.56 Å². The van der Waals surface area contributed by atoms with Crippen LogP contribution in [0.2, 0.25) is 0 Å². The highest BCUT2D eigenvalue weighted by Gasteiger charge is 2.21. The quantitative estimate of drug-likeness (QED) is 0.462. The Morgan fingerprint density at radius 3 is 2.40 bits per heavy atom. The molecular weight excluding hydrogens is 450 g/mol. The fourth-order valence-corrected chi connectivity index (χ4v) is 3.37. The summed E-state index contributed by atoms with van der Waals surface area (Å²) >= 11 is 0. The van der Waals surface area contributed by atoms with Crippen LogP contribution in [0, 0.1) is 0 Å². The summed E-state index contributed by atoms with van der Waals surface area (Å²) in [5, 5.41) is 7.60. The molecule has 0 radical (unpaired) electrons. The van der Waals surface area contributed by atoms with Gasteiger partial charge in [0.2, 0.25) is 0 Å². The zero-order valence-electron chi connectivity index (χ0n) is 18.9. The van der Waals surface area contributed by atoms with Gasteiger partial charge in [-0.25, -0.2) is 4.79 Å². The second-order valence-electron chi connectivity index (χ2n) is 7.71. The van der Waals surface area contributed by atoms with E-state index in [4.69, 9.17) is 14.2 Å². The maximum Gasteiger partial charge on any atom is 0.321 e. The predicted octanol–water partition coefficient (Wildman–Crippen LogP) is 2.66. The first-order valence-corrected chi connectivity index (χ1v) is 11.1. The van der Waals surface area contributed by atoms with Gasteiger partial charge in [0.25, 0.3) is 11.8 Å². The third-order valence-corrected chi connectivity index (χ3v) is 5.10. The Labute approximate surface area is 202 Å². The molecule has 1 heterocycles. The molecule has 4 amide bonds. The molecule has 0 aliphatic carbocycles.